The van der Waals surface area contributed by atoms with Gasteiger partial charge in [0.05, 0.1) is 5.60 Å². The molecule has 0 aromatic rings. The van der Waals surface area contributed by atoms with Gasteiger partial charge in [0.2, 0.25) is 0 Å². The lowest BCUT2D eigenvalue weighted by Gasteiger charge is -2.41. The Hall–Kier alpha value is -0.120. The summed E-state index contributed by atoms with van der Waals surface area (Å²) in [4.78, 5) is 2.59. The first-order valence-electron chi connectivity index (χ1n) is 7.12. The molecule has 2 rings (SSSR count). The minimum absolute atomic E-state index is 0.0819. The third-order valence-electron chi connectivity index (χ3n) is 4.47. The fourth-order valence-corrected chi connectivity index (χ4v) is 3.30. The first kappa shape index (κ1) is 13.3. The van der Waals surface area contributed by atoms with Crippen LogP contribution in [0.3, 0.4) is 0 Å². The van der Waals surface area contributed by atoms with Crippen LogP contribution in [0.2, 0.25) is 0 Å². The molecule has 0 aromatic carbocycles. The van der Waals surface area contributed by atoms with Crippen molar-refractivity contribution < 1.29 is 4.74 Å². The van der Waals surface area contributed by atoms with Gasteiger partial charge in [0.1, 0.15) is 0 Å². The minimum atomic E-state index is 0.0819. The number of hydrogen-bond donors (Lipinski definition) is 1. The Morgan fingerprint density at radius 2 is 2.29 bits per heavy atom. The van der Waals surface area contributed by atoms with Crippen LogP contribution in [-0.4, -0.2) is 49.8 Å². The van der Waals surface area contributed by atoms with Crippen molar-refractivity contribution in [1.29, 1.82) is 0 Å². The van der Waals surface area contributed by atoms with Crippen molar-refractivity contribution in [3.63, 3.8) is 0 Å². The van der Waals surface area contributed by atoms with E-state index in [1.165, 1.54) is 45.3 Å². The van der Waals surface area contributed by atoms with E-state index in [-0.39, 0.29) is 5.60 Å². The van der Waals surface area contributed by atoms with Gasteiger partial charge >= 0.3 is 0 Å². The van der Waals surface area contributed by atoms with Crippen LogP contribution in [0, 0.1) is 5.92 Å². The summed E-state index contributed by atoms with van der Waals surface area (Å²) in [6.07, 6.45) is 5.15. The maximum atomic E-state index is 5.66. The molecule has 1 N–H and O–H groups in total. The standard InChI is InChI=1S/C14H28N2O/c1-12-5-7-15-13(9-12)10-16-8-4-6-14(2,11-16)17-3/h12-13,15H,4-11H2,1-3H3. The largest absolute Gasteiger partial charge is 0.377 e. The van der Waals surface area contributed by atoms with Crippen LogP contribution in [0.15, 0.2) is 0 Å². The van der Waals surface area contributed by atoms with Gasteiger partial charge in [0, 0.05) is 26.2 Å². The lowest BCUT2D eigenvalue weighted by molar-refractivity contribution is -0.0530. The second-order valence-electron chi connectivity index (χ2n) is 6.27. The molecule has 0 saturated carbocycles. The van der Waals surface area contributed by atoms with Crippen LogP contribution >= 0.6 is 0 Å². The average Bonchev–Trinajstić information content (AvgIpc) is 2.29. The SMILES string of the molecule is COC1(C)CCCN(CC2CC(C)CCN2)C1. The van der Waals surface area contributed by atoms with Crippen molar-refractivity contribution in [3.05, 3.63) is 0 Å². The van der Waals surface area contributed by atoms with E-state index in [0.717, 1.165) is 12.5 Å². The van der Waals surface area contributed by atoms with Gasteiger partial charge in [0.15, 0.2) is 0 Å². The Kier molecular flexibility index (Phi) is 4.45. The molecule has 0 spiro atoms. The highest BCUT2D eigenvalue weighted by Gasteiger charge is 2.32. The van der Waals surface area contributed by atoms with Gasteiger partial charge in [-0.05, 0) is 51.6 Å². The number of likely N-dealkylation sites (tertiary alicyclic amines) is 1. The predicted molar refractivity (Wildman–Crippen MR) is 71.3 cm³/mol. The van der Waals surface area contributed by atoms with Crippen LogP contribution in [0.5, 0.6) is 0 Å². The van der Waals surface area contributed by atoms with E-state index in [4.69, 9.17) is 4.74 Å². The zero-order valence-corrected chi connectivity index (χ0v) is 11.7. The number of methoxy groups -OCH3 is 1. The smallest absolute Gasteiger partial charge is 0.0777 e. The van der Waals surface area contributed by atoms with Crippen LogP contribution in [-0.2, 0) is 4.74 Å². The van der Waals surface area contributed by atoms with Crippen LogP contribution in [0.25, 0.3) is 0 Å². The Morgan fingerprint density at radius 3 is 3.00 bits per heavy atom. The maximum absolute atomic E-state index is 5.66. The molecule has 0 radical (unpaired) electrons. The summed E-state index contributed by atoms with van der Waals surface area (Å²) < 4.78 is 5.66. The van der Waals surface area contributed by atoms with Gasteiger partial charge in [-0.1, -0.05) is 6.92 Å². The zero-order valence-electron chi connectivity index (χ0n) is 11.7. The van der Waals surface area contributed by atoms with Gasteiger partial charge < -0.3 is 10.1 Å². The minimum Gasteiger partial charge on any atom is -0.377 e. The Morgan fingerprint density at radius 1 is 1.47 bits per heavy atom. The highest BCUT2D eigenvalue weighted by molar-refractivity contribution is 4.87. The molecule has 17 heavy (non-hydrogen) atoms. The fraction of sp³-hybridized carbons (Fsp3) is 1.00. The van der Waals surface area contributed by atoms with E-state index in [1.54, 1.807) is 0 Å². The van der Waals surface area contributed by atoms with Crippen molar-refractivity contribution in [2.45, 2.75) is 51.2 Å². The Bertz CT molecular complexity index is 246. The number of piperidine rings is 2. The van der Waals surface area contributed by atoms with Crippen molar-refractivity contribution in [2.24, 2.45) is 5.92 Å². The second-order valence-corrected chi connectivity index (χ2v) is 6.27. The summed E-state index contributed by atoms with van der Waals surface area (Å²) in [5.41, 5.74) is 0.0819. The lowest BCUT2D eigenvalue weighted by Crippen LogP contribution is -2.52. The summed E-state index contributed by atoms with van der Waals surface area (Å²) in [5.74, 6) is 0.889. The molecule has 2 aliphatic heterocycles. The predicted octanol–water partition coefficient (Wildman–Crippen LogP) is 1.88. The molecule has 2 saturated heterocycles. The number of hydrogen-bond acceptors (Lipinski definition) is 3. The lowest BCUT2D eigenvalue weighted by atomic mass is 9.91. The first-order valence-corrected chi connectivity index (χ1v) is 7.12. The molecule has 2 aliphatic rings. The van der Waals surface area contributed by atoms with Crippen molar-refractivity contribution in [2.75, 3.05) is 33.3 Å². The molecule has 3 heteroatoms. The fourth-order valence-electron chi connectivity index (χ4n) is 3.30. The molecule has 0 bridgehead atoms. The molecule has 0 aromatic heterocycles. The van der Waals surface area contributed by atoms with Gasteiger partial charge in [-0.25, -0.2) is 0 Å². The van der Waals surface area contributed by atoms with Gasteiger partial charge in [-0.3, -0.25) is 4.90 Å². The number of nitrogens with zero attached hydrogens (tertiary/aromatic N) is 1. The normalized spacial score (nSPS) is 40.4. The summed E-state index contributed by atoms with van der Waals surface area (Å²) in [6, 6.07) is 0.693. The molecule has 2 fully saturated rings. The Labute approximate surface area is 106 Å². The number of rotatable bonds is 3. The van der Waals surface area contributed by atoms with Crippen molar-refractivity contribution in [1.82, 2.24) is 10.2 Å². The van der Waals surface area contributed by atoms with E-state index in [9.17, 15) is 0 Å². The summed E-state index contributed by atoms with van der Waals surface area (Å²) in [7, 11) is 1.85. The molecule has 3 nitrogen and oxygen atoms in total. The molecular formula is C14H28N2O. The van der Waals surface area contributed by atoms with Gasteiger partial charge in [-0.15, -0.1) is 0 Å². The second kappa shape index (κ2) is 5.68. The third kappa shape index (κ3) is 3.67. The van der Waals surface area contributed by atoms with E-state index in [0.29, 0.717) is 6.04 Å². The van der Waals surface area contributed by atoms with Crippen LogP contribution < -0.4 is 5.32 Å². The monoisotopic (exact) mass is 240 g/mol. The number of ether oxygens (including phenoxy) is 1. The van der Waals surface area contributed by atoms with Crippen LogP contribution in [0.4, 0.5) is 0 Å². The molecule has 3 atom stereocenters. The topological polar surface area (TPSA) is 24.5 Å². The zero-order chi connectivity index (χ0) is 12.3. The number of nitrogens with one attached hydrogen (secondary N) is 1. The highest BCUT2D eigenvalue weighted by atomic mass is 16.5. The first-order chi connectivity index (χ1) is 8.11. The summed E-state index contributed by atoms with van der Waals surface area (Å²) in [5, 5.41) is 3.66. The van der Waals surface area contributed by atoms with Crippen molar-refractivity contribution in [3.8, 4) is 0 Å². The van der Waals surface area contributed by atoms with E-state index in [1.807, 2.05) is 7.11 Å². The van der Waals surface area contributed by atoms with E-state index >= 15 is 0 Å². The quantitative estimate of drug-likeness (QED) is 0.815. The molecule has 2 heterocycles. The van der Waals surface area contributed by atoms with E-state index in [2.05, 4.69) is 24.1 Å². The molecular weight excluding hydrogens is 212 g/mol. The maximum Gasteiger partial charge on any atom is 0.0777 e. The van der Waals surface area contributed by atoms with Crippen LogP contribution in [0.1, 0.15) is 39.5 Å². The van der Waals surface area contributed by atoms with E-state index < -0.39 is 0 Å². The average molecular weight is 240 g/mol. The molecule has 0 amide bonds. The molecule has 0 aliphatic carbocycles. The summed E-state index contributed by atoms with van der Waals surface area (Å²) >= 11 is 0. The molecule has 100 valence electrons. The van der Waals surface area contributed by atoms with Crippen molar-refractivity contribution >= 4 is 0 Å². The molecule has 3 unspecified atom stereocenters. The highest BCUT2D eigenvalue weighted by Crippen LogP contribution is 2.25. The van der Waals surface area contributed by atoms with Gasteiger partial charge in [-0.2, -0.15) is 0 Å². The van der Waals surface area contributed by atoms with Gasteiger partial charge in [0.25, 0.3) is 0 Å². The Balaban J connectivity index is 1.82. The summed E-state index contributed by atoms with van der Waals surface area (Å²) in [6.45, 7) is 9.35. The third-order valence-corrected chi connectivity index (χ3v) is 4.47.